The van der Waals surface area contributed by atoms with Crippen LogP contribution in [0.1, 0.15) is 16.2 Å². The molecule has 0 spiro atoms. The van der Waals surface area contributed by atoms with Crippen molar-refractivity contribution in [2.75, 3.05) is 0 Å². The minimum absolute atomic E-state index is 0.106. The van der Waals surface area contributed by atoms with Gasteiger partial charge in [0.25, 0.3) is 5.91 Å². The van der Waals surface area contributed by atoms with Gasteiger partial charge in [0.1, 0.15) is 22.1 Å². The molecule has 134 valence electrons. The first kappa shape index (κ1) is 16.9. The first-order chi connectivity index (χ1) is 13.2. The molecule has 0 bridgehead atoms. The third-order valence-electron chi connectivity index (χ3n) is 3.77. The molecule has 0 fully saturated rings. The molecule has 1 aromatic carbocycles. The largest absolute Gasteiger partial charge is 0.507 e. The Kier molecular flexibility index (Phi) is 4.58. The third kappa shape index (κ3) is 3.67. The maximum atomic E-state index is 12.3. The van der Waals surface area contributed by atoms with Crippen LogP contribution in [0.5, 0.6) is 5.75 Å². The Balaban J connectivity index is 1.42. The second-order valence-electron chi connectivity index (χ2n) is 5.60. The molecule has 4 aromatic rings. The average molecular weight is 378 g/mol. The first-order valence-corrected chi connectivity index (χ1v) is 8.91. The summed E-state index contributed by atoms with van der Waals surface area (Å²) in [6, 6.07) is 8.41. The smallest absolute Gasteiger partial charge is 0.269 e. The summed E-state index contributed by atoms with van der Waals surface area (Å²) in [7, 11) is 0. The lowest BCUT2D eigenvalue weighted by Gasteiger charge is -2.00. The monoisotopic (exact) mass is 378 g/mol. The van der Waals surface area contributed by atoms with Crippen molar-refractivity contribution in [3.05, 3.63) is 65.7 Å². The Morgan fingerprint density at radius 2 is 2.11 bits per heavy atom. The molecular formula is C18H14N6O2S. The van der Waals surface area contributed by atoms with Gasteiger partial charge >= 0.3 is 0 Å². The van der Waals surface area contributed by atoms with Crippen LogP contribution in [0.4, 0.5) is 0 Å². The van der Waals surface area contributed by atoms with Crippen molar-refractivity contribution in [1.82, 2.24) is 30.5 Å². The predicted molar refractivity (Wildman–Crippen MR) is 100.0 cm³/mol. The number of aromatic hydroxyl groups is 1. The fourth-order valence-electron chi connectivity index (χ4n) is 2.45. The maximum absolute atomic E-state index is 12.3. The number of amides is 1. The topological polar surface area (TPSA) is 117 Å². The fourth-order valence-corrected chi connectivity index (χ4v) is 3.23. The van der Waals surface area contributed by atoms with Crippen LogP contribution in [0, 0.1) is 0 Å². The van der Waals surface area contributed by atoms with E-state index in [1.807, 2.05) is 5.38 Å². The van der Waals surface area contributed by atoms with E-state index in [0.717, 1.165) is 10.7 Å². The molecule has 0 aliphatic rings. The van der Waals surface area contributed by atoms with E-state index in [-0.39, 0.29) is 18.2 Å². The van der Waals surface area contributed by atoms with Gasteiger partial charge in [0.05, 0.1) is 24.1 Å². The number of carbonyl (C=O) groups excluding carboxylic acids is 1. The summed E-state index contributed by atoms with van der Waals surface area (Å²) in [5.41, 5.74) is 2.78. The molecule has 0 radical (unpaired) electrons. The van der Waals surface area contributed by atoms with Gasteiger partial charge in [0.15, 0.2) is 0 Å². The second-order valence-corrected chi connectivity index (χ2v) is 6.46. The van der Waals surface area contributed by atoms with Gasteiger partial charge in [-0.05, 0) is 18.2 Å². The van der Waals surface area contributed by atoms with Crippen LogP contribution in [0.2, 0.25) is 0 Å². The number of phenols is 1. The van der Waals surface area contributed by atoms with Crippen LogP contribution >= 0.6 is 11.3 Å². The van der Waals surface area contributed by atoms with Crippen molar-refractivity contribution < 1.29 is 9.90 Å². The van der Waals surface area contributed by atoms with Gasteiger partial charge in [-0.2, -0.15) is 5.10 Å². The number of carbonyl (C=O) groups is 1. The van der Waals surface area contributed by atoms with Gasteiger partial charge in [0, 0.05) is 23.3 Å². The van der Waals surface area contributed by atoms with Gasteiger partial charge in [-0.3, -0.25) is 19.9 Å². The zero-order chi connectivity index (χ0) is 18.6. The Hall–Kier alpha value is -3.59. The lowest BCUT2D eigenvalue weighted by molar-refractivity contribution is 0.0945. The lowest BCUT2D eigenvalue weighted by Crippen LogP contribution is -2.23. The zero-order valence-corrected chi connectivity index (χ0v) is 14.8. The van der Waals surface area contributed by atoms with E-state index in [9.17, 15) is 9.90 Å². The SMILES string of the molecule is O=C(NCc1csc(-c2cnccn2)n1)c1cc(-c2ccccc2O)n[nH]1. The Labute approximate surface area is 158 Å². The van der Waals surface area contributed by atoms with Crippen molar-refractivity contribution in [2.45, 2.75) is 6.54 Å². The number of aromatic amines is 1. The Morgan fingerprint density at radius 1 is 1.22 bits per heavy atom. The number of benzene rings is 1. The van der Waals surface area contributed by atoms with Crippen LogP contribution in [0.3, 0.4) is 0 Å². The highest BCUT2D eigenvalue weighted by molar-refractivity contribution is 7.13. The molecule has 3 N–H and O–H groups in total. The molecule has 1 amide bonds. The van der Waals surface area contributed by atoms with E-state index < -0.39 is 0 Å². The van der Waals surface area contributed by atoms with Crippen LogP contribution in [-0.2, 0) is 6.54 Å². The van der Waals surface area contributed by atoms with Gasteiger partial charge < -0.3 is 10.4 Å². The van der Waals surface area contributed by atoms with Crippen LogP contribution in [0.25, 0.3) is 22.0 Å². The quantitative estimate of drug-likeness (QED) is 0.491. The second kappa shape index (κ2) is 7.34. The summed E-state index contributed by atoms with van der Waals surface area (Å²) in [6.07, 6.45) is 4.86. The predicted octanol–water partition coefficient (Wildman–Crippen LogP) is 2.63. The number of rotatable bonds is 5. The summed E-state index contributed by atoms with van der Waals surface area (Å²) < 4.78 is 0. The lowest BCUT2D eigenvalue weighted by atomic mass is 10.1. The van der Waals surface area contributed by atoms with E-state index in [4.69, 9.17) is 0 Å². The highest BCUT2D eigenvalue weighted by Crippen LogP contribution is 2.27. The number of hydrogen-bond donors (Lipinski definition) is 3. The summed E-state index contributed by atoms with van der Waals surface area (Å²) >= 11 is 1.44. The average Bonchev–Trinajstić information content (AvgIpc) is 3.37. The molecule has 0 saturated heterocycles. The number of phenolic OH excluding ortho intramolecular Hbond substituents is 1. The minimum Gasteiger partial charge on any atom is -0.507 e. The summed E-state index contributed by atoms with van der Waals surface area (Å²) in [5.74, 6) is -0.201. The highest BCUT2D eigenvalue weighted by atomic mass is 32.1. The van der Waals surface area contributed by atoms with Gasteiger partial charge in [-0.1, -0.05) is 12.1 Å². The molecule has 0 aliphatic heterocycles. The van der Waals surface area contributed by atoms with E-state index >= 15 is 0 Å². The van der Waals surface area contributed by atoms with Gasteiger partial charge in [0.2, 0.25) is 0 Å². The molecule has 27 heavy (non-hydrogen) atoms. The molecule has 0 atom stereocenters. The summed E-state index contributed by atoms with van der Waals surface area (Å²) in [5, 5.41) is 22.1. The van der Waals surface area contributed by atoms with Gasteiger partial charge in [-0.25, -0.2) is 4.98 Å². The zero-order valence-electron chi connectivity index (χ0n) is 14.0. The van der Waals surface area contributed by atoms with Crippen molar-refractivity contribution in [3.63, 3.8) is 0 Å². The van der Waals surface area contributed by atoms with Gasteiger partial charge in [-0.15, -0.1) is 11.3 Å². The third-order valence-corrected chi connectivity index (χ3v) is 4.68. The van der Waals surface area contributed by atoms with E-state index in [1.165, 1.54) is 11.3 Å². The number of nitrogens with zero attached hydrogens (tertiary/aromatic N) is 4. The molecule has 0 saturated carbocycles. The Morgan fingerprint density at radius 3 is 2.93 bits per heavy atom. The Bertz CT molecular complexity index is 1080. The maximum Gasteiger partial charge on any atom is 0.269 e. The van der Waals surface area contributed by atoms with Crippen molar-refractivity contribution in [1.29, 1.82) is 0 Å². The number of H-pyrrole nitrogens is 1. The fraction of sp³-hybridized carbons (Fsp3) is 0.0556. The molecule has 0 unspecified atom stereocenters. The number of para-hydroxylation sites is 1. The summed E-state index contributed by atoms with van der Waals surface area (Å²) in [6.45, 7) is 0.278. The molecular weight excluding hydrogens is 364 g/mol. The van der Waals surface area contributed by atoms with E-state index in [0.29, 0.717) is 22.6 Å². The van der Waals surface area contributed by atoms with Crippen LogP contribution in [0.15, 0.2) is 54.3 Å². The van der Waals surface area contributed by atoms with Crippen molar-refractivity contribution in [2.24, 2.45) is 0 Å². The number of aromatic nitrogens is 5. The van der Waals surface area contributed by atoms with E-state index in [1.54, 1.807) is 48.9 Å². The minimum atomic E-state index is -0.307. The highest BCUT2D eigenvalue weighted by Gasteiger charge is 2.14. The normalized spacial score (nSPS) is 10.7. The van der Waals surface area contributed by atoms with Crippen molar-refractivity contribution in [3.8, 4) is 27.7 Å². The first-order valence-electron chi connectivity index (χ1n) is 8.03. The molecule has 9 heteroatoms. The van der Waals surface area contributed by atoms with E-state index in [2.05, 4.69) is 30.5 Å². The van der Waals surface area contributed by atoms with Crippen molar-refractivity contribution >= 4 is 17.2 Å². The molecule has 0 aliphatic carbocycles. The molecule has 3 heterocycles. The van der Waals surface area contributed by atoms with Crippen LogP contribution in [-0.4, -0.2) is 36.2 Å². The standard InChI is InChI=1S/C18H14N6O2S/c25-16-4-2-1-3-12(16)13-7-14(24-23-13)17(26)21-8-11-10-27-18(22-11)15-9-19-5-6-20-15/h1-7,9-10,25H,8H2,(H,21,26)(H,23,24). The summed E-state index contributed by atoms with van der Waals surface area (Å²) in [4.78, 5) is 25.0. The molecule has 3 aromatic heterocycles. The number of hydrogen-bond acceptors (Lipinski definition) is 7. The molecule has 8 nitrogen and oxygen atoms in total. The molecule has 4 rings (SSSR count). The number of thiazole rings is 1. The number of nitrogens with one attached hydrogen (secondary N) is 2. The van der Waals surface area contributed by atoms with Crippen LogP contribution < -0.4 is 5.32 Å².